The van der Waals surface area contributed by atoms with Crippen molar-refractivity contribution < 1.29 is 29.1 Å². The summed E-state index contributed by atoms with van der Waals surface area (Å²) in [6.45, 7) is 1.95. The zero-order valence-corrected chi connectivity index (χ0v) is 25.0. The van der Waals surface area contributed by atoms with Crippen LogP contribution in [0.25, 0.3) is 0 Å². The molecule has 2 aromatic heterocycles. The summed E-state index contributed by atoms with van der Waals surface area (Å²) in [6.07, 6.45) is 2.48. The first-order valence-corrected chi connectivity index (χ1v) is 14.7. The number of anilines is 1. The summed E-state index contributed by atoms with van der Waals surface area (Å²) >= 11 is 0. The van der Waals surface area contributed by atoms with Gasteiger partial charge in [-0.15, -0.1) is 0 Å². The van der Waals surface area contributed by atoms with E-state index in [-0.39, 0.29) is 50.0 Å². The lowest BCUT2D eigenvalue weighted by atomic mass is 9.67. The Labute approximate surface area is 259 Å². The van der Waals surface area contributed by atoms with E-state index in [1.807, 2.05) is 37.3 Å². The first-order chi connectivity index (χ1) is 21.7. The molecular formula is C31H33N7O7. The molecule has 1 aliphatic carbocycles. The number of amides is 1. The van der Waals surface area contributed by atoms with Gasteiger partial charge in [0.1, 0.15) is 5.69 Å². The Morgan fingerprint density at radius 2 is 2.00 bits per heavy atom. The van der Waals surface area contributed by atoms with E-state index in [1.165, 1.54) is 7.11 Å². The summed E-state index contributed by atoms with van der Waals surface area (Å²) < 4.78 is 11.4. The minimum absolute atomic E-state index is 0.00355. The molecule has 1 aliphatic heterocycles. The van der Waals surface area contributed by atoms with Crippen LogP contribution in [0, 0.1) is 21.4 Å². The zero-order chi connectivity index (χ0) is 32.1. The van der Waals surface area contributed by atoms with Crippen LogP contribution >= 0.6 is 0 Å². The third-order valence-corrected chi connectivity index (χ3v) is 8.47. The van der Waals surface area contributed by atoms with Gasteiger partial charge in [-0.2, -0.15) is 15.2 Å². The summed E-state index contributed by atoms with van der Waals surface area (Å²) in [5, 5.41) is 31.9. The van der Waals surface area contributed by atoms with Crippen LogP contribution in [0.15, 0.2) is 42.6 Å². The van der Waals surface area contributed by atoms with Gasteiger partial charge in [-0.3, -0.25) is 19.9 Å². The van der Waals surface area contributed by atoms with E-state index in [2.05, 4.69) is 15.0 Å². The molecule has 0 spiro atoms. The predicted molar refractivity (Wildman–Crippen MR) is 160 cm³/mol. The number of benzene rings is 1. The molecule has 14 nitrogen and oxygen atoms in total. The molecule has 45 heavy (non-hydrogen) atoms. The summed E-state index contributed by atoms with van der Waals surface area (Å²) in [7, 11) is 1.29. The van der Waals surface area contributed by atoms with Gasteiger partial charge < -0.3 is 24.4 Å². The van der Waals surface area contributed by atoms with Gasteiger partial charge in [0, 0.05) is 32.3 Å². The molecule has 234 valence electrons. The van der Waals surface area contributed by atoms with Crippen molar-refractivity contribution in [1.82, 2.24) is 19.9 Å². The first kappa shape index (κ1) is 31.1. The highest BCUT2D eigenvalue weighted by atomic mass is 16.6. The van der Waals surface area contributed by atoms with E-state index in [4.69, 9.17) is 9.47 Å². The van der Waals surface area contributed by atoms with Crippen molar-refractivity contribution in [3.05, 3.63) is 75.2 Å². The number of fused-ring (bicyclic) bond motifs is 1. The second kappa shape index (κ2) is 13.1. The summed E-state index contributed by atoms with van der Waals surface area (Å²) in [5.74, 6) is -0.246. The number of carboxylic acid groups (broad SMARTS) is 1. The lowest BCUT2D eigenvalue weighted by Crippen LogP contribution is -2.55. The molecule has 1 fully saturated rings. The van der Waals surface area contributed by atoms with Crippen molar-refractivity contribution in [1.29, 1.82) is 5.26 Å². The molecule has 5 rings (SSSR count). The van der Waals surface area contributed by atoms with Crippen LogP contribution in [-0.4, -0.2) is 74.7 Å². The number of nitrogens with zero attached hydrogens (tertiary/aromatic N) is 7. The van der Waals surface area contributed by atoms with E-state index in [0.29, 0.717) is 30.7 Å². The van der Waals surface area contributed by atoms with E-state index in [9.17, 15) is 30.1 Å². The Hall–Kier alpha value is -5.32. The Kier molecular flexibility index (Phi) is 9.08. The van der Waals surface area contributed by atoms with Gasteiger partial charge in [-0.05, 0) is 48.9 Å². The molecule has 14 heteroatoms. The Bertz CT molecular complexity index is 1660. The third-order valence-electron chi connectivity index (χ3n) is 8.47. The number of hydrogen-bond acceptors (Lipinski definition) is 11. The number of methoxy groups -OCH3 is 1. The van der Waals surface area contributed by atoms with Gasteiger partial charge in [0.2, 0.25) is 5.82 Å². The smallest absolute Gasteiger partial charge is 0.407 e. The lowest BCUT2D eigenvalue weighted by Gasteiger charge is -2.39. The number of nitro groups is 1. The Morgan fingerprint density at radius 3 is 2.71 bits per heavy atom. The van der Waals surface area contributed by atoms with Gasteiger partial charge in [0.05, 0.1) is 41.7 Å². The summed E-state index contributed by atoms with van der Waals surface area (Å²) in [5.41, 5.74) is 0.598. The van der Waals surface area contributed by atoms with Crippen LogP contribution in [0.2, 0.25) is 0 Å². The van der Waals surface area contributed by atoms with Crippen LogP contribution in [0.4, 0.5) is 16.3 Å². The van der Waals surface area contributed by atoms with Crippen LogP contribution < -0.4 is 9.64 Å². The molecule has 1 unspecified atom stereocenters. The van der Waals surface area contributed by atoms with Crippen molar-refractivity contribution in [2.45, 2.75) is 56.9 Å². The standard InChI is InChI=1S/C31H33N7O7/c1-3-23-25(11-7-15-33-23)45-29-34-24(18-31(28(39)44-2)13-6-9-20-8-4-5-10-22(20)31)26(38(42)43)27(35-29)36-16-17-37(30(40)41)21(19-36)12-14-32/h4-5,7-8,10-11,15,21H,3,6,9,12-13,16-19H2,1-2H3,(H,40,41)/t21-,31?/m0/s1. The van der Waals surface area contributed by atoms with E-state index in [0.717, 1.165) is 22.4 Å². The fourth-order valence-electron chi connectivity index (χ4n) is 6.37. The minimum Gasteiger partial charge on any atom is -0.468 e. The van der Waals surface area contributed by atoms with Crippen molar-refractivity contribution >= 4 is 23.6 Å². The molecule has 2 aliphatic rings. The number of carbonyl (C=O) groups excluding carboxylic acids is 1. The molecule has 1 amide bonds. The van der Waals surface area contributed by atoms with E-state index >= 15 is 0 Å². The first-order valence-electron chi connectivity index (χ1n) is 14.7. The maximum atomic E-state index is 13.6. The van der Waals surface area contributed by atoms with Crippen LogP contribution in [-0.2, 0) is 34.2 Å². The predicted octanol–water partition coefficient (Wildman–Crippen LogP) is 4.21. The third kappa shape index (κ3) is 6.06. The largest absolute Gasteiger partial charge is 0.468 e. The van der Waals surface area contributed by atoms with Crippen LogP contribution in [0.3, 0.4) is 0 Å². The van der Waals surface area contributed by atoms with Gasteiger partial charge in [-0.1, -0.05) is 31.2 Å². The molecule has 1 aromatic carbocycles. The van der Waals surface area contributed by atoms with Crippen LogP contribution in [0.5, 0.6) is 11.8 Å². The molecule has 0 radical (unpaired) electrons. The number of carbonyl (C=O) groups is 2. The highest BCUT2D eigenvalue weighted by Gasteiger charge is 2.47. The summed E-state index contributed by atoms with van der Waals surface area (Å²) in [4.78, 5) is 53.9. The second-order valence-electron chi connectivity index (χ2n) is 11.0. The average molecular weight is 616 g/mol. The van der Waals surface area contributed by atoms with E-state index in [1.54, 1.807) is 23.2 Å². The van der Waals surface area contributed by atoms with Gasteiger partial charge in [-0.25, -0.2) is 4.79 Å². The molecule has 0 saturated carbocycles. The maximum absolute atomic E-state index is 13.6. The van der Waals surface area contributed by atoms with Gasteiger partial charge in [0.15, 0.2) is 5.75 Å². The Morgan fingerprint density at radius 1 is 1.20 bits per heavy atom. The van der Waals surface area contributed by atoms with Crippen molar-refractivity contribution in [3.63, 3.8) is 0 Å². The quantitative estimate of drug-likeness (QED) is 0.206. The molecule has 3 aromatic rings. The Balaban J connectivity index is 1.69. The number of aryl methyl sites for hydroxylation is 2. The highest BCUT2D eigenvalue weighted by molar-refractivity contribution is 5.85. The minimum atomic E-state index is -1.26. The molecule has 2 atom stereocenters. The molecule has 3 heterocycles. The molecule has 1 N–H and O–H groups in total. The van der Waals surface area contributed by atoms with Gasteiger partial charge >= 0.3 is 23.8 Å². The van der Waals surface area contributed by atoms with E-state index < -0.39 is 34.1 Å². The number of aromatic nitrogens is 3. The lowest BCUT2D eigenvalue weighted by molar-refractivity contribution is -0.385. The number of nitriles is 1. The summed E-state index contributed by atoms with van der Waals surface area (Å²) in [6, 6.07) is 11.9. The molecule has 0 bridgehead atoms. The topological polar surface area (TPSA) is 185 Å². The number of pyridine rings is 1. The highest BCUT2D eigenvalue weighted by Crippen LogP contribution is 2.44. The average Bonchev–Trinajstić information content (AvgIpc) is 3.04. The normalized spacial score (nSPS) is 19.3. The SMILES string of the molecule is CCc1ncccc1Oc1nc(CC2(C(=O)OC)CCCc3ccccc32)c([N+](=O)[O-])c(N2CCN(C(=O)O)[C@@H](CC#N)C2)n1. The molecule has 1 saturated heterocycles. The number of hydrogen-bond donors (Lipinski definition) is 1. The number of esters is 1. The van der Waals surface area contributed by atoms with Crippen molar-refractivity contribution in [2.24, 2.45) is 0 Å². The zero-order valence-electron chi connectivity index (χ0n) is 25.0. The second-order valence-corrected chi connectivity index (χ2v) is 11.0. The molecular weight excluding hydrogens is 582 g/mol. The fraction of sp³-hybridized carbons (Fsp3) is 0.419. The van der Waals surface area contributed by atoms with Crippen molar-refractivity contribution in [3.8, 4) is 17.8 Å². The van der Waals surface area contributed by atoms with Crippen molar-refractivity contribution in [2.75, 3.05) is 31.6 Å². The number of rotatable bonds is 9. The van der Waals surface area contributed by atoms with Gasteiger partial charge in [0.25, 0.3) is 0 Å². The number of ether oxygens (including phenoxy) is 2. The fourth-order valence-corrected chi connectivity index (χ4v) is 6.37. The monoisotopic (exact) mass is 615 g/mol. The number of piperazine rings is 1. The maximum Gasteiger partial charge on any atom is 0.407 e. The van der Waals surface area contributed by atoms with Crippen LogP contribution in [0.1, 0.15) is 48.7 Å².